The van der Waals surface area contributed by atoms with Crippen molar-refractivity contribution in [2.45, 2.75) is 13.8 Å². The maximum absolute atomic E-state index is 10.8. The van der Waals surface area contributed by atoms with Gasteiger partial charge in [-0.1, -0.05) is 13.8 Å². The van der Waals surface area contributed by atoms with Crippen molar-refractivity contribution in [2.24, 2.45) is 5.92 Å². The average molecular weight is 162 g/mol. The molecule has 0 atom stereocenters. The van der Waals surface area contributed by atoms with Gasteiger partial charge in [0.1, 0.15) is 6.61 Å². The zero-order valence-corrected chi connectivity index (χ0v) is 7.53. The van der Waals surface area contributed by atoms with Crippen LogP contribution < -0.4 is 0 Å². The van der Waals surface area contributed by atoms with Crippen molar-refractivity contribution in [3.8, 4) is 0 Å². The van der Waals surface area contributed by atoms with Gasteiger partial charge in [0, 0.05) is 5.75 Å². The summed E-state index contributed by atoms with van der Waals surface area (Å²) in [5.74, 6) is 0.786. The van der Waals surface area contributed by atoms with Gasteiger partial charge in [-0.3, -0.25) is 4.79 Å². The number of thioether (sulfide) groups is 1. The molecule has 0 unspecified atom stereocenters. The van der Waals surface area contributed by atoms with Crippen molar-refractivity contribution < 1.29 is 9.53 Å². The predicted octanol–water partition coefficient (Wildman–Crippen LogP) is 1.55. The van der Waals surface area contributed by atoms with E-state index in [4.69, 9.17) is 4.74 Å². The van der Waals surface area contributed by atoms with Crippen LogP contribution in [-0.4, -0.2) is 24.6 Å². The number of esters is 1. The van der Waals surface area contributed by atoms with E-state index in [0.717, 1.165) is 5.75 Å². The lowest BCUT2D eigenvalue weighted by Crippen LogP contribution is -2.13. The third-order valence-corrected chi connectivity index (χ3v) is 1.58. The molecule has 0 aromatic heterocycles. The maximum Gasteiger partial charge on any atom is 0.308 e. The van der Waals surface area contributed by atoms with Crippen molar-refractivity contribution in [1.29, 1.82) is 0 Å². The average Bonchev–Trinajstić information content (AvgIpc) is 1.88. The van der Waals surface area contributed by atoms with Crippen LogP contribution in [0.5, 0.6) is 0 Å². The highest BCUT2D eigenvalue weighted by atomic mass is 32.2. The van der Waals surface area contributed by atoms with Crippen LogP contribution in [-0.2, 0) is 9.53 Å². The van der Waals surface area contributed by atoms with Gasteiger partial charge < -0.3 is 4.74 Å². The molecule has 0 rings (SSSR count). The maximum atomic E-state index is 10.8. The standard InChI is InChI=1S/C7H14O2S/c1-6(2)7(8)9-4-5-10-3/h6H,4-5H2,1-3H3. The molecule has 0 aliphatic carbocycles. The predicted molar refractivity (Wildman–Crippen MR) is 44.2 cm³/mol. The lowest BCUT2D eigenvalue weighted by atomic mass is 10.2. The molecule has 0 aromatic rings. The molecule has 0 aliphatic heterocycles. The second-order valence-corrected chi connectivity index (χ2v) is 3.30. The first-order chi connectivity index (χ1) is 4.68. The number of hydrogen-bond acceptors (Lipinski definition) is 3. The van der Waals surface area contributed by atoms with Gasteiger partial charge in [0.2, 0.25) is 0 Å². The molecular weight excluding hydrogens is 148 g/mol. The molecule has 0 amide bonds. The molecule has 0 bridgehead atoms. The first-order valence-corrected chi connectivity index (χ1v) is 4.73. The highest BCUT2D eigenvalue weighted by molar-refractivity contribution is 7.98. The molecule has 0 fully saturated rings. The number of carbonyl (C=O) groups excluding carboxylic acids is 1. The van der Waals surface area contributed by atoms with Crippen LogP contribution in [0.1, 0.15) is 13.8 Å². The second kappa shape index (κ2) is 5.59. The second-order valence-electron chi connectivity index (χ2n) is 2.31. The monoisotopic (exact) mass is 162 g/mol. The summed E-state index contributed by atoms with van der Waals surface area (Å²) in [7, 11) is 0. The summed E-state index contributed by atoms with van der Waals surface area (Å²) in [6.07, 6.45) is 1.99. The lowest BCUT2D eigenvalue weighted by Gasteiger charge is -2.04. The Bertz CT molecular complexity index is 102. The van der Waals surface area contributed by atoms with Crippen molar-refractivity contribution >= 4 is 17.7 Å². The molecular formula is C7H14O2S. The largest absolute Gasteiger partial charge is 0.465 e. The van der Waals surface area contributed by atoms with Gasteiger partial charge in [-0.25, -0.2) is 0 Å². The van der Waals surface area contributed by atoms with Crippen LogP contribution in [0.4, 0.5) is 0 Å². The van der Waals surface area contributed by atoms with Gasteiger partial charge in [0.25, 0.3) is 0 Å². The molecule has 0 saturated carbocycles. The number of rotatable bonds is 4. The Balaban J connectivity index is 3.22. The van der Waals surface area contributed by atoms with Gasteiger partial charge in [-0.05, 0) is 6.26 Å². The van der Waals surface area contributed by atoms with Gasteiger partial charge in [-0.15, -0.1) is 0 Å². The number of ether oxygens (including phenoxy) is 1. The summed E-state index contributed by atoms with van der Waals surface area (Å²) >= 11 is 1.68. The van der Waals surface area contributed by atoms with Crippen LogP contribution >= 0.6 is 11.8 Å². The molecule has 2 nitrogen and oxygen atoms in total. The smallest absolute Gasteiger partial charge is 0.308 e. The molecule has 0 heterocycles. The minimum absolute atomic E-state index is 0.00172. The molecule has 0 N–H and O–H groups in total. The van der Waals surface area contributed by atoms with Gasteiger partial charge >= 0.3 is 5.97 Å². The molecule has 60 valence electrons. The van der Waals surface area contributed by atoms with E-state index >= 15 is 0 Å². The van der Waals surface area contributed by atoms with Crippen LogP contribution in [0.3, 0.4) is 0 Å². The van der Waals surface area contributed by atoms with E-state index in [-0.39, 0.29) is 11.9 Å². The van der Waals surface area contributed by atoms with Gasteiger partial charge in [0.05, 0.1) is 5.92 Å². The first-order valence-electron chi connectivity index (χ1n) is 3.34. The molecule has 0 saturated heterocycles. The SMILES string of the molecule is CSCCOC(=O)C(C)C. The Labute approximate surface area is 66.3 Å². The molecule has 0 radical (unpaired) electrons. The van der Waals surface area contributed by atoms with Crippen molar-refractivity contribution in [3.05, 3.63) is 0 Å². The summed E-state index contributed by atoms with van der Waals surface area (Å²) in [5.41, 5.74) is 0. The first kappa shape index (κ1) is 9.82. The van der Waals surface area contributed by atoms with E-state index in [1.165, 1.54) is 0 Å². The molecule has 0 aliphatic rings. The van der Waals surface area contributed by atoms with E-state index in [2.05, 4.69) is 0 Å². The van der Waals surface area contributed by atoms with Crippen LogP contribution in [0.15, 0.2) is 0 Å². The zero-order chi connectivity index (χ0) is 7.98. The van der Waals surface area contributed by atoms with Crippen LogP contribution in [0.2, 0.25) is 0 Å². The van der Waals surface area contributed by atoms with Gasteiger partial charge in [-0.2, -0.15) is 11.8 Å². The Morgan fingerprint density at radius 1 is 1.60 bits per heavy atom. The van der Waals surface area contributed by atoms with Crippen molar-refractivity contribution in [3.63, 3.8) is 0 Å². The Kier molecular flexibility index (Phi) is 5.49. The molecule has 10 heavy (non-hydrogen) atoms. The molecule has 0 aromatic carbocycles. The normalized spacial score (nSPS) is 10.0. The quantitative estimate of drug-likeness (QED) is 0.463. The fourth-order valence-corrected chi connectivity index (χ4v) is 0.642. The number of carbonyl (C=O) groups is 1. The topological polar surface area (TPSA) is 26.3 Å². The van der Waals surface area contributed by atoms with E-state index in [0.29, 0.717) is 6.61 Å². The summed E-state index contributed by atoms with van der Waals surface area (Å²) < 4.78 is 4.88. The third kappa shape index (κ3) is 4.68. The van der Waals surface area contributed by atoms with E-state index in [1.54, 1.807) is 11.8 Å². The van der Waals surface area contributed by atoms with E-state index in [1.807, 2.05) is 20.1 Å². The summed E-state index contributed by atoms with van der Waals surface area (Å²) in [5, 5.41) is 0. The van der Waals surface area contributed by atoms with Crippen LogP contribution in [0.25, 0.3) is 0 Å². The third-order valence-electron chi connectivity index (χ3n) is 1.00. The van der Waals surface area contributed by atoms with E-state index in [9.17, 15) is 4.79 Å². The Hall–Kier alpha value is -0.180. The highest BCUT2D eigenvalue weighted by Crippen LogP contribution is 1.97. The minimum Gasteiger partial charge on any atom is -0.465 e. The van der Waals surface area contributed by atoms with Crippen molar-refractivity contribution in [1.82, 2.24) is 0 Å². The lowest BCUT2D eigenvalue weighted by molar-refractivity contribution is -0.146. The fraction of sp³-hybridized carbons (Fsp3) is 0.857. The minimum atomic E-state index is -0.103. The molecule has 0 spiro atoms. The highest BCUT2D eigenvalue weighted by Gasteiger charge is 2.06. The van der Waals surface area contributed by atoms with Crippen molar-refractivity contribution in [2.75, 3.05) is 18.6 Å². The fourth-order valence-electron chi connectivity index (χ4n) is 0.392. The Morgan fingerprint density at radius 3 is 2.60 bits per heavy atom. The Morgan fingerprint density at radius 2 is 2.20 bits per heavy atom. The number of hydrogen-bond donors (Lipinski definition) is 0. The summed E-state index contributed by atoms with van der Waals surface area (Å²) in [6.45, 7) is 4.21. The van der Waals surface area contributed by atoms with Crippen LogP contribution in [0, 0.1) is 5.92 Å². The zero-order valence-electron chi connectivity index (χ0n) is 6.72. The van der Waals surface area contributed by atoms with Gasteiger partial charge in [0.15, 0.2) is 0 Å². The summed E-state index contributed by atoms with van der Waals surface area (Å²) in [6, 6.07) is 0. The van der Waals surface area contributed by atoms with E-state index < -0.39 is 0 Å². The summed E-state index contributed by atoms with van der Waals surface area (Å²) in [4.78, 5) is 10.8. The molecule has 3 heteroatoms.